The van der Waals surface area contributed by atoms with Crippen molar-refractivity contribution in [2.75, 3.05) is 26.7 Å². The van der Waals surface area contributed by atoms with Gasteiger partial charge in [-0.1, -0.05) is 13.8 Å². The molecular weight excluding hydrogens is 367 g/mol. The van der Waals surface area contributed by atoms with Gasteiger partial charge in [0, 0.05) is 32.6 Å². The van der Waals surface area contributed by atoms with Crippen LogP contribution in [-0.2, 0) is 4.79 Å². The van der Waals surface area contributed by atoms with E-state index < -0.39 is 0 Å². The number of halogens is 1. The first kappa shape index (κ1) is 19.5. The summed E-state index contributed by atoms with van der Waals surface area (Å²) in [5, 5.41) is 9.39. The molecule has 1 rings (SSSR count). The van der Waals surface area contributed by atoms with Gasteiger partial charge in [0.05, 0.1) is 0 Å². The minimum absolute atomic E-state index is 0. The molecule has 5 nitrogen and oxygen atoms in total. The van der Waals surface area contributed by atoms with Gasteiger partial charge >= 0.3 is 0 Å². The summed E-state index contributed by atoms with van der Waals surface area (Å²) in [4.78, 5) is 15.6. The highest BCUT2D eigenvalue weighted by atomic mass is 127. The highest BCUT2D eigenvalue weighted by molar-refractivity contribution is 14.0. The van der Waals surface area contributed by atoms with Crippen molar-refractivity contribution >= 4 is 35.8 Å². The van der Waals surface area contributed by atoms with Crippen LogP contribution in [-0.4, -0.2) is 38.5 Å². The van der Waals surface area contributed by atoms with E-state index in [2.05, 4.69) is 34.8 Å². The Morgan fingerprint density at radius 2 is 1.75 bits per heavy atom. The Bertz CT molecular complexity index is 304. The van der Waals surface area contributed by atoms with Gasteiger partial charge < -0.3 is 16.0 Å². The van der Waals surface area contributed by atoms with E-state index in [0.29, 0.717) is 13.1 Å². The van der Waals surface area contributed by atoms with Crippen LogP contribution in [0.4, 0.5) is 0 Å². The summed E-state index contributed by atoms with van der Waals surface area (Å²) in [5.41, 5.74) is 0. The van der Waals surface area contributed by atoms with E-state index in [4.69, 9.17) is 0 Å². The molecule has 0 aromatic heterocycles. The third kappa shape index (κ3) is 9.39. The molecule has 20 heavy (non-hydrogen) atoms. The SMILES string of the molecule is CN=C(NCCCC(C)C)NCCNC(=O)C1CC1.I. The molecule has 0 unspecified atom stereocenters. The molecule has 1 amide bonds. The fraction of sp³-hybridized carbons (Fsp3) is 0.857. The van der Waals surface area contributed by atoms with Gasteiger partial charge in [-0.15, -0.1) is 24.0 Å². The van der Waals surface area contributed by atoms with Crippen LogP contribution in [0.2, 0.25) is 0 Å². The Hall–Kier alpha value is -0.530. The largest absolute Gasteiger partial charge is 0.356 e. The number of aliphatic imine (C=N–C) groups is 1. The maximum atomic E-state index is 11.4. The first-order chi connectivity index (χ1) is 9.13. The van der Waals surface area contributed by atoms with E-state index in [0.717, 1.165) is 37.7 Å². The number of carbonyl (C=O) groups is 1. The van der Waals surface area contributed by atoms with Crippen LogP contribution in [0.3, 0.4) is 0 Å². The summed E-state index contributed by atoms with van der Waals surface area (Å²) in [5.74, 6) is 2.04. The second-order valence-corrected chi connectivity index (χ2v) is 5.53. The normalized spacial score (nSPS) is 14.7. The van der Waals surface area contributed by atoms with Crippen molar-refractivity contribution in [1.29, 1.82) is 0 Å². The average molecular weight is 396 g/mol. The smallest absolute Gasteiger partial charge is 0.223 e. The molecular formula is C14H29IN4O. The first-order valence-corrected chi connectivity index (χ1v) is 7.35. The van der Waals surface area contributed by atoms with Crippen LogP contribution in [0.15, 0.2) is 4.99 Å². The third-order valence-corrected chi connectivity index (χ3v) is 3.14. The number of nitrogens with one attached hydrogen (secondary N) is 3. The lowest BCUT2D eigenvalue weighted by molar-refractivity contribution is -0.122. The Balaban J connectivity index is 0.00000361. The number of hydrogen-bond acceptors (Lipinski definition) is 2. The van der Waals surface area contributed by atoms with E-state index in [1.165, 1.54) is 6.42 Å². The average Bonchev–Trinajstić information content (AvgIpc) is 3.20. The van der Waals surface area contributed by atoms with Gasteiger partial charge in [-0.25, -0.2) is 0 Å². The fourth-order valence-corrected chi connectivity index (χ4v) is 1.79. The summed E-state index contributed by atoms with van der Waals surface area (Å²) in [7, 11) is 1.76. The molecule has 0 aromatic rings. The van der Waals surface area contributed by atoms with Gasteiger partial charge in [-0.3, -0.25) is 9.79 Å². The van der Waals surface area contributed by atoms with Crippen molar-refractivity contribution in [3.8, 4) is 0 Å². The van der Waals surface area contributed by atoms with Crippen LogP contribution in [0, 0.1) is 11.8 Å². The van der Waals surface area contributed by atoms with Crippen LogP contribution in [0.25, 0.3) is 0 Å². The number of guanidine groups is 1. The zero-order chi connectivity index (χ0) is 14.1. The molecule has 0 bridgehead atoms. The quantitative estimate of drug-likeness (QED) is 0.253. The van der Waals surface area contributed by atoms with Gasteiger partial charge in [-0.2, -0.15) is 0 Å². The van der Waals surface area contributed by atoms with Crippen LogP contribution in [0.5, 0.6) is 0 Å². The van der Waals surface area contributed by atoms with Crippen molar-refractivity contribution in [3.63, 3.8) is 0 Å². The van der Waals surface area contributed by atoms with Crippen molar-refractivity contribution < 1.29 is 4.79 Å². The lowest BCUT2D eigenvalue weighted by Crippen LogP contribution is -2.42. The van der Waals surface area contributed by atoms with E-state index >= 15 is 0 Å². The molecule has 1 aliphatic rings. The predicted molar refractivity (Wildman–Crippen MR) is 94.6 cm³/mol. The number of rotatable bonds is 8. The van der Waals surface area contributed by atoms with Crippen molar-refractivity contribution in [1.82, 2.24) is 16.0 Å². The molecule has 3 N–H and O–H groups in total. The fourth-order valence-electron chi connectivity index (χ4n) is 1.79. The molecule has 0 spiro atoms. The van der Waals surface area contributed by atoms with Gasteiger partial charge in [0.2, 0.25) is 5.91 Å². The minimum atomic E-state index is 0. The molecule has 0 aromatic carbocycles. The van der Waals surface area contributed by atoms with Crippen molar-refractivity contribution in [2.24, 2.45) is 16.8 Å². The third-order valence-electron chi connectivity index (χ3n) is 3.14. The summed E-state index contributed by atoms with van der Waals surface area (Å²) < 4.78 is 0. The topological polar surface area (TPSA) is 65.5 Å². The standard InChI is InChI=1S/C14H28N4O.HI/c1-11(2)5-4-8-17-14(15-3)18-10-9-16-13(19)12-6-7-12;/h11-12H,4-10H2,1-3H3,(H,16,19)(H2,15,17,18);1H. The molecule has 6 heteroatoms. The lowest BCUT2D eigenvalue weighted by Gasteiger charge is -2.12. The number of carbonyl (C=O) groups excluding carboxylic acids is 1. The lowest BCUT2D eigenvalue weighted by atomic mass is 10.1. The monoisotopic (exact) mass is 396 g/mol. The molecule has 118 valence electrons. The maximum absolute atomic E-state index is 11.4. The summed E-state index contributed by atoms with van der Waals surface area (Å²) in [6.07, 6.45) is 4.48. The molecule has 1 aliphatic carbocycles. The Kier molecular flexibility index (Phi) is 10.9. The van der Waals surface area contributed by atoms with E-state index in [1.54, 1.807) is 7.05 Å². The second kappa shape index (κ2) is 11.2. The van der Waals surface area contributed by atoms with Gasteiger partial charge in [0.25, 0.3) is 0 Å². The number of amides is 1. The van der Waals surface area contributed by atoms with E-state index in [1.807, 2.05) is 0 Å². The predicted octanol–water partition coefficient (Wildman–Crippen LogP) is 1.73. The highest BCUT2D eigenvalue weighted by Gasteiger charge is 2.28. The van der Waals surface area contributed by atoms with E-state index in [-0.39, 0.29) is 35.8 Å². The molecule has 0 heterocycles. The number of nitrogens with zero attached hydrogens (tertiary/aromatic N) is 1. The first-order valence-electron chi connectivity index (χ1n) is 7.35. The molecule has 1 fully saturated rings. The Labute approximate surface area is 139 Å². The highest BCUT2D eigenvalue weighted by Crippen LogP contribution is 2.28. The van der Waals surface area contributed by atoms with Crippen LogP contribution < -0.4 is 16.0 Å². The Morgan fingerprint density at radius 3 is 2.30 bits per heavy atom. The number of hydrogen-bond donors (Lipinski definition) is 3. The second-order valence-electron chi connectivity index (χ2n) is 5.53. The molecule has 1 saturated carbocycles. The summed E-state index contributed by atoms with van der Waals surface area (Å²) in [6.45, 7) is 6.77. The van der Waals surface area contributed by atoms with Crippen molar-refractivity contribution in [2.45, 2.75) is 39.5 Å². The summed E-state index contributed by atoms with van der Waals surface area (Å²) in [6, 6.07) is 0. The molecule has 0 aliphatic heterocycles. The minimum Gasteiger partial charge on any atom is -0.356 e. The van der Waals surface area contributed by atoms with E-state index in [9.17, 15) is 4.79 Å². The van der Waals surface area contributed by atoms with Gasteiger partial charge in [0.15, 0.2) is 5.96 Å². The molecule has 0 saturated heterocycles. The maximum Gasteiger partial charge on any atom is 0.223 e. The van der Waals surface area contributed by atoms with Gasteiger partial charge in [-0.05, 0) is 31.6 Å². The molecule has 0 radical (unpaired) electrons. The van der Waals surface area contributed by atoms with Crippen molar-refractivity contribution in [3.05, 3.63) is 0 Å². The molecule has 0 atom stereocenters. The van der Waals surface area contributed by atoms with Gasteiger partial charge in [0.1, 0.15) is 0 Å². The Morgan fingerprint density at radius 1 is 1.15 bits per heavy atom. The zero-order valence-corrected chi connectivity index (χ0v) is 15.2. The van der Waals surface area contributed by atoms with Crippen LogP contribution in [0.1, 0.15) is 39.5 Å². The zero-order valence-electron chi connectivity index (χ0n) is 12.9. The van der Waals surface area contributed by atoms with Crippen LogP contribution >= 0.6 is 24.0 Å². The summed E-state index contributed by atoms with van der Waals surface area (Å²) >= 11 is 0.